The van der Waals surface area contributed by atoms with Gasteiger partial charge in [0.25, 0.3) is 0 Å². The van der Waals surface area contributed by atoms with Crippen molar-refractivity contribution < 1.29 is 4.74 Å². The third kappa shape index (κ3) is 4.77. The van der Waals surface area contributed by atoms with Gasteiger partial charge in [0, 0.05) is 0 Å². The Kier molecular flexibility index (Phi) is 6.92. The lowest BCUT2D eigenvalue weighted by atomic mass is 10.2. The monoisotopic (exact) mass is 224 g/mol. The zero-order valence-corrected chi connectivity index (χ0v) is 10.4. The van der Waals surface area contributed by atoms with Crippen LogP contribution in [0.2, 0.25) is 0 Å². The van der Waals surface area contributed by atoms with Gasteiger partial charge in [0.1, 0.15) is 5.75 Å². The smallest absolute Gasteiger partial charge is 0.142 e. The SMILES string of the molecule is CCC(C)N=O.COc1cccc(C)c1N. The van der Waals surface area contributed by atoms with Crippen molar-refractivity contribution in [1.82, 2.24) is 0 Å². The molecule has 0 saturated carbocycles. The standard InChI is InChI=1S/C8H11NO.C4H9NO/c1-6-4-3-5-7(10-2)8(6)9;1-3-4(2)5-6/h3-5H,9H2,1-2H3;4H,3H2,1-2H3. The van der Waals surface area contributed by atoms with Gasteiger partial charge in [-0.3, -0.25) is 0 Å². The Morgan fingerprint density at radius 3 is 2.44 bits per heavy atom. The molecular formula is C12H20N2O2. The predicted molar refractivity (Wildman–Crippen MR) is 67.7 cm³/mol. The van der Waals surface area contributed by atoms with Gasteiger partial charge in [-0.25, -0.2) is 0 Å². The topological polar surface area (TPSA) is 64.7 Å². The van der Waals surface area contributed by atoms with E-state index in [1.165, 1.54) is 0 Å². The summed E-state index contributed by atoms with van der Waals surface area (Å²) in [6.45, 7) is 5.69. The molecule has 4 heteroatoms. The molecule has 16 heavy (non-hydrogen) atoms. The summed E-state index contributed by atoms with van der Waals surface area (Å²) in [5.74, 6) is 0.750. The summed E-state index contributed by atoms with van der Waals surface area (Å²) in [5.41, 5.74) is 7.45. The zero-order chi connectivity index (χ0) is 12.6. The van der Waals surface area contributed by atoms with Crippen molar-refractivity contribution in [3.8, 4) is 5.75 Å². The maximum atomic E-state index is 9.49. The molecule has 1 aromatic carbocycles. The zero-order valence-electron chi connectivity index (χ0n) is 10.4. The number of hydrogen-bond donors (Lipinski definition) is 1. The van der Waals surface area contributed by atoms with Gasteiger partial charge in [0.15, 0.2) is 0 Å². The van der Waals surface area contributed by atoms with Crippen molar-refractivity contribution in [3.63, 3.8) is 0 Å². The number of hydrogen-bond acceptors (Lipinski definition) is 4. The van der Waals surface area contributed by atoms with Crippen molar-refractivity contribution in [2.45, 2.75) is 33.2 Å². The van der Waals surface area contributed by atoms with Gasteiger partial charge >= 0.3 is 0 Å². The number of para-hydroxylation sites is 1. The number of nitrogens with two attached hydrogens (primary N) is 1. The van der Waals surface area contributed by atoms with Crippen LogP contribution in [0.15, 0.2) is 23.4 Å². The maximum Gasteiger partial charge on any atom is 0.142 e. The molecule has 0 aliphatic heterocycles. The third-order valence-corrected chi connectivity index (χ3v) is 2.27. The van der Waals surface area contributed by atoms with E-state index in [1.807, 2.05) is 32.0 Å². The largest absolute Gasteiger partial charge is 0.495 e. The molecule has 90 valence electrons. The first-order chi connectivity index (χ1) is 7.56. The van der Waals surface area contributed by atoms with Gasteiger partial charge in [-0.15, -0.1) is 0 Å². The second-order valence-corrected chi connectivity index (χ2v) is 3.55. The van der Waals surface area contributed by atoms with Crippen molar-refractivity contribution in [1.29, 1.82) is 0 Å². The Hall–Kier alpha value is -1.58. The van der Waals surface area contributed by atoms with Crippen LogP contribution in [0.25, 0.3) is 0 Å². The van der Waals surface area contributed by atoms with Crippen LogP contribution in [0.1, 0.15) is 25.8 Å². The normalized spacial score (nSPS) is 11.0. The van der Waals surface area contributed by atoms with Crippen molar-refractivity contribution >= 4 is 5.69 Å². The van der Waals surface area contributed by atoms with E-state index in [-0.39, 0.29) is 6.04 Å². The number of nitroso groups, excluding NO2 is 1. The van der Waals surface area contributed by atoms with Crippen LogP contribution in [0.5, 0.6) is 5.75 Å². The molecule has 0 saturated heterocycles. The molecule has 0 radical (unpaired) electrons. The molecular weight excluding hydrogens is 204 g/mol. The summed E-state index contributed by atoms with van der Waals surface area (Å²) in [6, 6.07) is 5.73. The van der Waals surface area contributed by atoms with E-state index >= 15 is 0 Å². The van der Waals surface area contributed by atoms with E-state index in [0.29, 0.717) is 0 Å². The first-order valence-electron chi connectivity index (χ1n) is 5.28. The fourth-order valence-electron chi connectivity index (χ4n) is 0.906. The number of nitrogen functional groups attached to an aromatic ring is 1. The molecule has 1 unspecified atom stereocenters. The molecule has 0 fully saturated rings. The summed E-state index contributed by atoms with van der Waals surface area (Å²) in [4.78, 5) is 9.49. The average molecular weight is 224 g/mol. The van der Waals surface area contributed by atoms with E-state index in [0.717, 1.165) is 23.4 Å². The van der Waals surface area contributed by atoms with Crippen LogP contribution in [0.3, 0.4) is 0 Å². The quantitative estimate of drug-likeness (QED) is 0.633. The van der Waals surface area contributed by atoms with Crippen LogP contribution in [0, 0.1) is 11.8 Å². The van der Waals surface area contributed by atoms with Gasteiger partial charge in [0.2, 0.25) is 0 Å². The number of benzene rings is 1. The molecule has 2 N–H and O–H groups in total. The fraction of sp³-hybridized carbons (Fsp3) is 0.500. The van der Waals surface area contributed by atoms with Gasteiger partial charge < -0.3 is 10.5 Å². The number of anilines is 1. The highest BCUT2D eigenvalue weighted by Crippen LogP contribution is 2.23. The Labute approximate surface area is 96.8 Å². The number of aryl methyl sites for hydroxylation is 1. The lowest BCUT2D eigenvalue weighted by Gasteiger charge is -2.04. The summed E-state index contributed by atoms with van der Waals surface area (Å²) < 4.78 is 5.00. The number of methoxy groups -OCH3 is 1. The van der Waals surface area contributed by atoms with Crippen LogP contribution in [-0.2, 0) is 0 Å². The van der Waals surface area contributed by atoms with Crippen molar-refractivity contribution in [3.05, 3.63) is 28.7 Å². The molecule has 1 atom stereocenters. The lowest BCUT2D eigenvalue weighted by Crippen LogP contribution is -1.93. The van der Waals surface area contributed by atoms with Gasteiger partial charge in [-0.1, -0.05) is 24.2 Å². The third-order valence-electron chi connectivity index (χ3n) is 2.27. The van der Waals surface area contributed by atoms with E-state index in [2.05, 4.69) is 5.18 Å². The van der Waals surface area contributed by atoms with E-state index in [4.69, 9.17) is 10.5 Å². The second-order valence-electron chi connectivity index (χ2n) is 3.55. The van der Waals surface area contributed by atoms with E-state index in [9.17, 15) is 4.91 Å². The highest BCUT2D eigenvalue weighted by Gasteiger charge is 1.98. The van der Waals surface area contributed by atoms with Crippen LogP contribution >= 0.6 is 0 Å². The van der Waals surface area contributed by atoms with Crippen LogP contribution in [0.4, 0.5) is 5.69 Å². The van der Waals surface area contributed by atoms with Gasteiger partial charge in [0.05, 0.1) is 18.8 Å². The van der Waals surface area contributed by atoms with Crippen molar-refractivity contribution in [2.24, 2.45) is 5.18 Å². The van der Waals surface area contributed by atoms with Gasteiger partial charge in [-0.05, 0) is 31.9 Å². The summed E-state index contributed by atoms with van der Waals surface area (Å²) in [6.07, 6.45) is 0.851. The molecule has 0 aromatic heterocycles. The molecule has 0 aliphatic rings. The Bertz CT molecular complexity index is 327. The number of ether oxygens (including phenoxy) is 1. The average Bonchev–Trinajstić information content (AvgIpc) is 2.32. The molecule has 0 bridgehead atoms. The van der Waals surface area contributed by atoms with E-state index in [1.54, 1.807) is 14.0 Å². The van der Waals surface area contributed by atoms with Gasteiger partial charge in [-0.2, -0.15) is 4.91 Å². The Morgan fingerprint density at radius 2 is 2.12 bits per heavy atom. The predicted octanol–water partition coefficient (Wildman–Crippen LogP) is 3.14. The highest BCUT2D eigenvalue weighted by molar-refractivity contribution is 5.57. The first kappa shape index (κ1) is 14.4. The fourth-order valence-corrected chi connectivity index (χ4v) is 0.906. The highest BCUT2D eigenvalue weighted by atomic mass is 16.5. The minimum Gasteiger partial charge on any atom is -0.495 e. The molecule has 0 amide bonds. The molecule has 0 aliphatic carbocycles. The minimum absolute atomic E-state index is 0.00463. The van der Waals surface area contributed by atoms with Crippen LogP contribution in [-0.4, -0.2) is 13.2 Å². The Morgan fingerprint density at radius 1 is 1.50 bits per heavy atom. The molecule has 1 rings (SSSR count). The van der Waals surface area contributed by atoms with Crippen LogP contribution < -0.4 is 10.5 Å². The molecule has 0 spiro atoms. The lowest BCUT2D eigenvalue weighted by molar-refractivity contribution is 0.416. The molecule has 4 nitrogen and oxygen atoms in total. The second kappa shape index (κ2) is 7.68. The minimum atomic E-state index is 0.00463. The van der Waals surface area contributed by atoms with Crippen molar-refractivity contribution in [2.75, 3.05) is 12.8 Å². The van der Waals surface area contributed by atoms with E-state index < -0.39 is 0 Å². The summed E-state index contributed by atoms with van der Waals surface area (Å²) in [5, 5.41) is 2.76. The maximum absolute atomic E-state index is 9.49. The molecule has 1 aromatic rings. The molecule has 0 heterocycles. The first-order valence-corrected chi connectivity index (χ1v) is 5.28. The Balaban J connectivity index is 0.000000325. The summed E-state index contributed by atoms with van der Waals surface area (Å²) in [7, 11) is 1.62. The number of rotatable bonds is 3. The summed E-state index contributed by atoms with van der Waals surface area (Å²) >= 11 is 0. The number of nitrogens with zero attached hydrogens (tertiary/aromatic N) is 1.